The number of hydrogen-bond donors (Lipinski definition) is 1. The minimum absolute atomic E-state index is 0.0274. The van der Waals surface area contributed by atoms with Gasteiger partial charge in [0.05, 0.1) is 13.0 Å². The number of nitrogens with zero attached hydrogens (tertiary/aromatic N) is 1. The molecule has 7 nitrogen and oxygen atoms in total. The summed E-state index contributed by atoms with van der Waals surface area (Å²) in [4.78, 5) is 36.5. The Kier molecular flexibility index (Phi) is 4.04. The van der Waals surface area contributed by atoms with E-state index >= 15 is 0 Å². The van der Waals surface area contributed by atoms with Crippen molar-refractivity contribution < 1.29 is 23.9 Å². The second-order valence-corrected chi connectivity index (χ2v) is 4.64. The standard InChI is InChI=1S/C12H18N2O5/c1-2-19-9(15)3-6-14-10(16)12(13-11(14)17)4-7-18-8-5-12/h2-8H2,1H3,(H,13,17). The molecule has 0 unspecified atom stereocenters. The molecular weight excluding hydrogens is 252 g/mol. The molecule has 2 fully saturated rings. The Balaban J connectivity index is 1.96. The van der Waals surface area contributed by atoms with Crippen LogP contribution in [-0.4, -0.2) is 54.7 Å². The molecule has 0 atom stereocenters. The van der Waals surface area contributed by atoms with Crippen LogP contribution in [0.1, 0.15) is 26.2 Å². The quantitative estimate of drug-likeness (QED) is 0.576. The lowest BCUT2D eigenvalue weighted by Gasteiger charge is -2.30. The smallest absolute Gasteiger partial charge is 0.325 e. The predicted molar refractivity (Wildman–Crippen MR) is 64.3 cm³/mol. The summed E-state index contributed by atoms with van der Waals surface area (Å²) in [7, 11) is 0. The fourth-order valence-corrected chi connectivity index (χ4v) is 2.37. The van der Waals surface area contributed by atoms with Crippen molar-refractivity contribution in [2.75, 3.05) is 26.4 Å². The highest BCUT2D eigenvalue weighted by Gasteiger charge is 2.51. The number of imide groups is 1. The van der Waals surface area contributed by atoms with Crippen molar-refractivity contribution >= 4 is 17.9 Å². The molecule has 2 rings (SSSR count). The molecule has 0 aliphatic carbocycles. The maximum atomic E-state index is 12.3. The van der Waals surface area contributed by atoms with Crippen LogP contribution in [0.2, 0.25) is 0 Å². The number of nitrogens with one attached hydrogen (secondary N) is 1. The van der Waals surface area contributed by atoms with Crippen LogP contribution in [0, 0.1) is 0 Å². The van der Waals surface area contributed by atoms with Crippen molar-refractivity contribution in [1.29, 1.82) is 0 Å². The summed E-state index contributed by atoms with van der Waals surface area (Å²) in [6.07, 6.45) is 0.987. The number of esters is 1. The molecule has 0 aromatic heterocycles. The Morgan fingerprint density at radius 1 is 1.42 bits per heavy atom. The summed E-state index contributed by atoms with van der Waals surface area (Å²) in [6.45, 7) is 2.98. The lowest BCUT2D eigenvalue weighted by atomic mass is 9.90. The molecule has 0 aromatic carbocycles. The van der Waals surface area contributed by atoms with Crippen LogP contribution in [0.4, 0.5) is 4.79 Å². The highest BCUT2D eigenvalue weighted by atomic mass is 16.5. The Bertz CT molecular complexity index is 390. The maximum Gasteiger partial charge on any atom is 0.325 e. The normalized spacial score (nSPS) is 21.6. The first-order valence-corrected chi connectivity index (χ1v) is 6.46. The lowest BCUT2D eigenvalue weighted by Crippen LogP contribution is -2.51. The van der Waals surface area contributed by atoms with Gasteiger partial charge in [0.25, 0.3) is 5.91 Å². The van der Waals surface area contributed by atoms with Gasteiger partial charge in [0.1, 0.15) is 5.54 Å². The van der Waals surface area contributed by atoms with Crippen molar-refractivity contribution in [1.82, 2.24) is 10.2 Å². The summed E-state index contributed by atoms with van der Waals surface area (Å²) in [5.74, 6) is -0.666. The van der Waals surface area contributed by atoms with Gasteiger partial charge in [-0.05, 0) is 6.92 Å². The summed E-state index contributed by atoms with van der Waals surface area (Å²) in [5, 5.41) is 2.73. The molecule has 2 aliphatic rings. The van der Waals surface area contributed by atoms with E-state index in [2.05, 4.69) is 5.32 Å². The number of carbonyl (C=O) groups excluding carboxylic acids is 3. The van der Waals surface area contributed by atoms with E-state index in [4.69, 9.17) is 9.47 Å². The summed E-state index contributed by atoms with van der Waals surface area (Å²) in [5.41, 5.74) is -0.829. The van der Waals surface area contributed by atoms with Gasteiger partial charge in [0.2, 0.25) is 0 Å². The largest absolute Gasteiger partial charge is 0.466 e. The van der Waals surface area contributed by atoms with Crippen molar-refractivity contribution in [3.63, 3.8) is 0 Å². The van der Waals surface area contributed by atoms with E-state index in [0.717, 1.165) is 4.90 Å². The topological polar surface area (TPSA) is 84.9 Å². The predicted octanol–water partition coefficient (Wildman–Crippen LogP) is 0.0406. The Labute approximate surface area is 111 Å². The highest BCUT2D eigenvalue weighted by molar-refractivity contribution is 6.07. The fraction of sp³-hybridized carbons (Fsp3) is 0.750. The molecule has 0 saturated carbocycles. The molecule has 2 heterocycles. The van der Waals surface area contributed by atoms with Crippen LogP contribution >= 0.6 is 0 Å². The Hall–Kier alpha value is -1.63. The number of carbonyl (C=O) groups is 3. The average Bonchev–Trinajstić information content (AvgIpc) is 2.60. The van der Waals surface area contributed by atoms with Gasteiger partial charge in [-0.15, -0.1) is 0 Å². The van der Waals surface area contributed by atoms with E-state index in [0.29, 0.717) is 32.7 Å². The third-order valence-electron chi connectivity index (χ3n) is 3.44. The van der Waals surface area contributed by atoms with E-state index in [1.165, 1.54) is 0 Å². The maximum absolute atomic E-state index is 12.3. The lowest BCUT2D eigenvalue weighted by molar-refractivity contribution is -0.143. The Morgan fingerprint density at radius 2 is 2.11 bits per heavy atom. The number of urea groups is 1. The second kappa shape index (κ2) is 5.56. The zero-order chi connectivity index (χ0) is 13.9. The molecule has 2 saturated heterocycles. The first kappa shape index (κ1) is 13.8. The molecule has 1 spiro atoms. The third kappa shape index (κ3) is 2.70. The monoisotopic (exact) mass is 270 g/mol. The number of rotatable bonds is 4. The van der Waals surface area contributed by atoms with Crippen LogP contribution in [0.15, 0.2) is 0 Å². The van der Waals surface area contributed by atoms with E-state index < -0.39 is 17.5 Å². The van der Waals surface area contributed by atoms with Crippen LogP contribution in [0.3, 0.4) is 0 Å². The van der Waals surface area contributed by atoms with E-state index in [-0.39, 0.29) is 18.9 Å². The molecule has 2 aliphatic heterocycles. The SMILES string of the molecule is CCOC(=O)CCN1C(=O)NC2(CCOCC2)C1=O. The summed E-state index contributed by atoms with van der Waals surface area (Å²) >= 11 is 0. The summed E-state index contributed by atoms with van der Waals surface area (Å²) < 4.78 is 9.99. The minimum Gasteiger partial charge on any atom is -0.466 e. The summed E-state index contributed by atoms with van der Waals surface area (Å²) in [6, 6.07) is -0.434. The molecule has 106 valence electrons. The fourth-order valence-electron chi connectivity index (χ4n) is 2.37. The van der Waals surface area contributed by atoms with E-state index in [9.17, 15) is 14.4 Å². The van der Waals surface area contributed by atoms with Crippen molar-refractivity contribution in [3.05, 3.63) is 0 Å². The van der Waals surface area contributed by atoms with Gasteiger partial charge in [-0.2, -0.15) is 0 Å². The minimum atomic E-state index is -0.829. The van der Waals surface area contributed by atoms with Crippen LogP contribution in [-0.2, 0) is 19.1 Å². The first-order valence-electron chi connectivity index (χ1n) is 6.46. The molecule has 0 radical (unpaired) electrons. The van der Waals surface area contributed by atoms with Crippen LogP contribution in [0.25, 0.3) is 0 Å². The van der Waals surface area contributed by atoms with E-state index in [1.54, 1.807) is 6.92 Å². The van der Waals surface area contributed by atoms with Crippen LogP contribution < -0.4 is 5.32 Å². The molecule has 7 heteroatoms. The molecule has 19 heavy (non-hydrogen) atoms. The van der Waals surface area contributed by atoms with Gasteiger partial charge in [0.15, 0.2) is 0 Å². The van der Waals surface area contributed by atoms with Crippen LogP contribution in [0.5, 0.6) is 0 Å². The van der Waals surface area contributed by atoms with E-state index in [1.807, 2.05) is 0 Å². The highest BCUT2D eigenvalue weighted by Crippen LogP contribution is 2.28. The van der Waals surface area contributed by atoms with Gasteiger partial charge < -0.3 is 14.8 Å². The molecule has 0 bridgehead atoms. The van der Waals surface area contributed by atoms with Gasteiger partial charge in [0, 0.05) is 32.6 Å². The van der Waals surface area contributed by atoms with Gasteiger partial charge in [-0.3, -0.25) is 14.5 Å². The van der Waals surface area contributed by atoms with Crippen molar-refractivity contribution in [2.24, 2.45) is 0 Å². The molecule has 1 N–H and O–H groups in total. The third-order valence-corrected chi connectivity index (χ3v) is 3.44. The molecule has 0 aromatic rings. The van der Waals surface area contributed by atoms with Gasteiger partial charge in [-0.1, -0.05) is 0 Å². The number of amides is 3. The zero-order valence-corrected chi connectivity index (χ0v) is 10.9. The number of hydrogen-bond acceptors (Lipinski definition) is 5. The Morgan fingerprint density at radius 3 is 2.74 bits per heavy atom. The van der Waals surface area contributed by atoms with Gasteiger partial charge >= 0.3 is 12.0 Å². The zero-order valence-electron chi connectivity index (χ0n) is 10.9. The molecular formula is C12H18N2O5. The average molecular weight is 270 g/mol. The first-order chi connectivity index (χ1) is 9.09. The van der Waals surface area contributed by atoms with Crippen molar-refractivity contribution in [2.45, 2.75) is 31.7 Å². The molecule has 3 amide bonds. The second-order valence-electron chi connectivity index (χ2n) is 4.64. The van der Waals surface area contributed by atoms with Gasteiger partial charge in [-0.25, -0.2) is 4.79 Å². The van der Waals surface area contributed by atoms with Crippen molar-refractivity contribution in [3.8, 4) is 0 Å². The number of ether oxygens (including phenoxy) is 2.